The molecule has 0 radical (unpaired) electrons. The van der Waals surface area contributed by atoms with E-state index in [4.69, 9.17) is 10.2 Å². The van der Waals surface area contributed by atoms with Crippen LogP contribution in [0.3, 0.4) is 0 Å². The SMILES string of the molecule is CCN(Cc1ccco1)c1ccnc2cc(N)ccc12. The van der Waals surface area contributed by atoms with Crippen molar-refractivity contribution < 1.29 is 4.42 Å². The Labute approximate surface area is 117 Å². The Morgan fingerprint density at radius 1 is 1.25 bits per heavy atom. The molecule has 2 heterocycles. The third kappa shape index (κ3) is 2.32. The average Bonchev–Trinajstić information content (AvgIpc) is 2.97. The smallest absolute Gasteiger partial charge is 0.123 e. The summed E-state index contributed by atoms with van der Waals surface area (Å²) in [7, 11) is 0. The predicted octanol–water partition coefficient (Wildman–Crippen LogP) is 3.44. The van der Waals surface area contributed by atoms with E-state index < -0.39 is 0 Å². The van der Waals surface area contributed by atoms with E-state index in [2.05, 4.69) is 16.8 Å². The molecule has 0 aliphatic carbocycles. The van der Waals surface area contributed by atoms with Crippen molar-refractivity contribution in [2.24, 2.45) is 0 Å². The first-order valence-corrected chi connectivity index (χ1v) is 6.69. The zero-order valence-electron chi connectivity index (χ0n) is 11.4. The molecule has 0 spiro atoms. The lowest BCUT2D eigenvalue weighted by atomic mass is 10.1. The van der Waals surface area contributed by atoms with Gasteiger partial charge in [0, 0.05) is 29.5 Å². The molecule has 1 aromatic carbocycles. The van der Waals surface area contributed by atoms with Gasteiger partial charge in [-0.1, -0.05) is 0 Å². The van der Waals surface area contributed by atoms with Crippen molar-refractivity contribution in [3.05, 3.63) is 54.6 Å². The predicted molar refractivity (Wildman–Crippen MR) is 81.6 cm³/mol. The van der Waals surface area contributed by atoms with Crippen molar-refractivity contribution >= 4 is 22.3 Å². The van der Waals surface area contributed by atoms with E-state index in [0.717, 1.165) is 41.1 Å². The molecule has 0 aliphatic rings. The summed E-state index contributed by atoms with van der Waals surface area (Å²) in [5.41, 5.74) is 8.62. The van der Waals surface area contributed by atoms with Crippen LogP contribution in [0.1, 0.15) is 12.7 Å². The molecule has 4 nitrogen and oxygen atoms in total. The van der Waals surface area contributed by atoms with Gasteiger partial charge in [-0.05, 0) is 43.3 Å². The Morgan fingerprint density at radius 3 is 2.90 bits per heavy atom. The number of hydrogen-bond acceptors (Lipinski definition) is 4. The molecule has 0 bridgehead atoms. The fourth-order valence-corrected chi connectivity index (χ4v) is 2.38. The monoisotopic (exact) mass is 267 g/mol. The fourth-order valence-electron chi connectivity index (χ4n) is 2.38. The summed E-state index contributed by atoms with van der Waals surface area (Å²) >= 11 is 0. The maximum atomic E-state index is 5.82. The summed E-state index contributed by atoms with van der Waals surface area (Å²) in [6.45, 7) is 3.77. The molecule has 0 atom stereocenters. The van der Waals surface area contributed by atoms with Gasteiger partial charge in [-0.3, -0.25) is 4.98 Å². The molecule has 2 N–H and O–H groups in total. The molecule has 4 heteroatoms. The highest BCUT2D eigenvalue weighted by Crippen LogP contribution is 2.27. The van der Waals surface area contributed by atoms with E-state index in [1.807, 2.05) is 42.6 Å². The minimum Gasteiger partial charge on any atom is -0.467 e. The van der Waals surface area contributed by atoms with Crippen LogP contribution < -0.4 is 10.6 Å². The van der Waals surface area contributed by atoms with Crippen LogP contribution in [-0.4, -0.2) is 11.5 Å². The van der Waals surface area contributed by atoms with Crippen LogP contribution in [0.4, 0.5) is 11.4 Å². The first-order chi connectivity index (χ1) is 9.78. The summed E-state index contributed by atoms with van der Waals surface area (Å²) in [5, 5.41) is 1.11. The lowest BCUT2D eigenvalue weighted by Gasteiger charge is -2.23. The highest BCUT2D eigenvalue weighted by molar-refractivity contribution is 5.93. The van der Waals surface area contributed by atoms with Crippen molar-refractivity contribution in [3.8, 4) is 0 Å². The zero-order valence-corrected chi connectivity index (χ0v) is 11.4. The Bertz CT molecular complexity index is 707. The van der Waals surface area contributed by atoms with Crippen LogP contribution in [0.2, 0.25) is 0 Å². The number of fused-ring (bicyclic) bond motifs is 1. The molecular weight excluding hydrogens is 250 g/mol. The molecular formula is C16H17N3O. The number of furan rings is 1. The quantitative estimate of drug-likeness (QED) is 0.736. The molecule has 3 rings (SSSR count). The second-order valence-corrected chi connectivity index (χ2v) is 4.70. The van der Waals surface area contributed by atoms with E-state index in [-0.39, 0.29) is 0 Å². The third-order valence-corrected chi connectivity index (χ3v) is 3.39. The van der Waals surface area contributed by atoms with E-state index in [0.29, 0.717) is 0 Å². The number of benzene rings is 1. The van der Waals surface area contributed by atoms with E-state index in [1.54, 1.807) is 6.26 Å². The van der Waals surface area contributed by atoms with Crippen molar-refractivity contribution in [3.63, 3.8) is 0 Å². The topological polar surface area (TPSA) is 55.3 Å². The fraction of sp³-hybridized carbons (Fsp3) is 0.188. The largest absolute Gasteiger partial charge is 0.467 e. The van der Waals surface area contributed by atoms with Gasteiger partial charge < -0.3 is 15.1 Å². The van der Waals surface area contributed by atoms with Gasteiger partial charge in [0.1, 0.15) is 5.76 Å². The second kappa shape index (κ2) is 5.25. The highest BCUT2D eigenvalue weighted by atomic mass is 16.3. The number of pyridine rings is 1. The van der Waals surface area contributed by atoms with E-state index in [1.165, 1.54) is 0 Å². The van der Waals surface area contributed by atoms with Crippen LogP contribution in [-0.2, 0) is 6.54 Å². The lowest BCUT2D eigenvalue weighted by Crippen LogP contribution is -2.22. The molecule has 102 valence electrons. The second-order valence-electron chi connectivity index (χ2n) is 4.70. The molecule has 0 aliphatic heterocycles. The molecule has 0 saturated carbocycles. The highest BCUT2D eigenvalue weighted by Gasteiger charge is 2.11. The maximum Gasteiger partial charge on any atom is 0.123 e. The normalized spacial score (nSPS) is 10.8. The van der Waals surface area contributed by atoms with Gasteiger partial charge in [0.25, 0.3) is 0 Å². The lowest BCUT2D eigenvalue weighted by molar-refractivity contribution is 0.504. The van der Waals surface area contributed by atoms with Crippen LogP contribution in [0.25, 0.3) is 10.9 Å². The van der Waals surface area contributed by atoms with Gasteiger partial charge in [-0.15, -0.1) is 0 Å². The summed E-state index contributed by atoms with van der Waals surface area (Å²) < 4.78 is 5.44. The number of aromatic nitrogens is 1. The van der Waals surface area contributed by atoms with Gasteiger partial charge in [-0.2, -0.15) is 0 Å². The van der Waals surface area contributed by atoms with E-state index >= 15 is 0 Å². The molecule has 20 heavy (non-hydrogen) atoms. The maximum absolute atomic E-state index is 5.82. The first-order valence-electron chi connectivity index (χ1n) is 6.69. The number of nitrogens with zero attached hydrogens (tertiary/aromatic N) is 2. The Balaban J connectivity index is 2.03. The minimum atomic E-state index is 0.733. The van der Waals surface area contributed by atoms with Crippen molar-refractivity contribution in [2.45, 2.75) is 13.5 Å². The number of rotatable bonds is 4. The molecule has 0 fully saturated rings. The zero-order chi connectivity index (χ0) is 13.9. The molecule has 0 unspecified atom stereocenters. The molecule has 0 saturated heterocycles. The standard InChI is InChI=1S/C16H17N3O/c1-2-19(11-13-4-3-9-20-13)16-7-8-18-15-10-12(17)5-6-14(15)16/h3-10H,2,11,17H2,1H3. The Hall–Kier alpha value is -2.49. The van der Waals surface area contributed by atoms with E-state index in [9.17, 15) is 0 Å². The average molecular weight is 267 g/mol. The third-order valence-electron chi connectivity index (χ3n) is 3.39. The molecule has 0 amide bonds. The van der Waals surface area contributed by atoms with Crippen molar-refractivity contribution in [2.75, 3.05) is 17.2 Å². The van der Waals surface area contributed by atoms with Gasteiger partial charge in [0.15, 0.2) is 0 Å². The van der Waals surface area contributed by atoms with Crippen LogP contribution in [0.5, 0.6) is 0 Å². The van der Waals surface area contributed by atoms with Crippen LogP contribution in [0, 0.1) is 0 Å². The molecule has 3 aromatic rings. The summed E-state index contributed by atoms with van der Waals surface area (Å²) in [5.74, 6) is 0.951. The minimum absolute atomic E-state index is 0.733. The van der Waals surface area contributed by atoms with Crippen LogP contribution in [0.15, 0.2) is 53.3 Å². The van der Waals surface area contributed by atoms with Gasteiger partial charge in [0.2, 0.25) is 0 Å². The van der Waals surface area contributed by atoms with Crippen molar-refractivity contribution in [1.82, 2.24) is 4.98 Å². The van der Waals surface area contributed by atoms with Gasteiger partial charge in [0.05, 0.1) is 18.3 Å². The first kappa shape index (κ1) is 12.5. The van der Waals surface area contributed by atoms with Gasteiger partial charge in [-0.25, -0.2) is 0 Å². The Morgan fingerprint density at radius 2 is 2.15 bits per heavy atom. The summed E-state index contributed by atoms with van der Waals surface area (Å²) in [4.78, 5) is 6.65. The number of anilines is 2. The Kier molecular flexibility index (Phi) is 3.29. The van der Waals surface area contributed by atoms with Crippen LogP contribution >= 0.6 is 0 Å². The van der Waals surface area contributed by atoms with Crippen molar-refractivity contribution in [1.29, 1.82) is 0 Å². The summed E-state index contributed by atoms with van der Waals surface area (Å²) in [6.07, 6.45) is 3.52. The molecule has 2 aromatic heterocycles. The number of nitrogen functional groups attached to an aromatic ring is 1. The number of hydrogen-bond donors (Lipinski definition) is 1. The number of nitrogens with two attached hydrogens (primary N) is 1. The summed E-state index contributed by atoms with van der Waals surface area (Å²) in [6, 6.07) is 11.8. The van der Waals surface area contributed by atoms with Gasteiger partial charge >= 0.3 is 0 Å².